The van der Waals surface area contributed by atoms with Crippen LogP contribution in [0.15, 0.2) is 47.1 Å². The lowest BCUT2D eigenvalue weighted by atomic mass is 10.1. The van der Waals surface area contributed by atoms with Crippen LogP contribution in [0.5, 0.6) is 0 Å². The molecule has 0 aliphatic carbocycles. The summed E-state index contributed by atoms with van der Waals surface area (Å²) in [6.45, 7) is 23.3. The van der Waals surface area contributed by atoms with Crippen molar-refractivity contribution in [2.24, 2.45) is 0 Å². The van der Waals surface area contributed by atoms with Crippen LogP contribution in [-0.2, 0) is 0 Å². The molecular formula is C26H50. The molecule has 0 N–H and O–H groups in total. The Bertz CT molecular complexity index is 382. The number of allylic oxidation sites excluding steroid dienone is 7. The molecule has 0 heteroatoms. The lowest BCUT2D eigenvalue weighted by Gasteiger charge is -1.97. The van der Waals surface area contributed by atoms with Gasteiger partial charge in [-0.25, -0.2) is 0 Å². The Kier molecular flexibility index (Phi) is 27.4. The summed E-state index contributed by atoms with van der Waals surface area (Å²) in [5.74, 6) is 0. The van der Waals surface area contributed by atoms with Crippen molar-refractivity contribution in [3.8, 4) is 0 Å². The van der Waals surface area contributed by atoms with Crippen LogP contribution in [0.4, 0.5) is 0 Å². The zero-order valence-electron chi connectivity index (χ0n) is 19.8. The van der Waals surface area contributed by atoms with Crippen molar-refractivity contribution in [1.82, 2.24) is 0 Å². The highest BCUT2D eigenvalue weighted by Crippen LogP contribution is 2.08. The molecule has 0 rings (SSSR count). The summed E-state index contributed by atoms with van der Waals surface area (Å²) in [5, 5.41) is 0. The van der Waals surface area contributed by atoms with E-state index in [0.717, 1.165) is 0 Å². The maximum absolute atomic E-state index is 3.79. The van der Waals surface area contributed by atoms with Gasteiger partial charge in [0.15, 0.2) is 0 Å². The van der Waals surface area contributed by atoms with E-state index in [1.54, 1.807) is 0 Å². The van der Waals surface area contributed by atoms with E-state index >= 15 is 0 Å². The molecule has 26 heavy (non-hydrogen) atoms. The van der Waals surface area contributed by atoms with E-state index in [9.17, 15) is 0 Å². The summed E-state index contributed by atoms with van der Waals surface area (Å²) in [5.41, 5.74) is 5.70. The molecule has 0 radical (unpaired) electrons. The molecule has 0 nitrogen and oxygen atoms in total. The Hall–Kier alpha value is -1.04. The highest BCUT2D eigenvalue weighted by Gasteiger charge is 1.87. The summed E-state index contributed by atoms with van der Waals surface area (Å²) >= 11 is 0. The van der Waals surface area contributed by atoms with Crippen molar-refractivity contribution in [3.05, 3.63) is 47.1 Å². The highest BCUT2D eigenvalue weighted by atomic mass is 13.9. The zero-order valence-corrected chi connectivity index (χ0v) is 19.8. The molecule has 0 fully saturated rings. The van der Waals surface area contributed by atoms with Crippen LogP contribution in [0.2, 0.25) is 0 Å². The van der Waals surface area contributed by atoms with Gasteiger partial charge in [-0.1, -0.05) is 80.6 Å². The highest BCUT2D eigenvalue weighted by molar-refractivity contribution is 5.01. The fourth-order valence-electron chi connectivity index (χ4n) is 1.99. The zero-order chi connectivity index (χ0) is 20.8. The van der Waals surface area contributed by atoms with Crippen LogP contribution in [0.25, 0.3) is 0 Å². The van der Waals surface area contributed by atoms with Crippen molar-refractivity contribution < 1.29 is 0 Å². The van der Waals surface area contributed by atoms with E-state index in [0.29, 0.717) is 0 Å². The van der Waals surface area contributed by atoms with Gasteiger partial charge in [-0.15, -0.1) is 6.58 Å². The van der Waals surface area contributed by atoms with Gasteiger partial charge in [0.05, 0.1) is 0 Å². The Morgan fingerprint density at radius 1 is 0.615 bits per heavy atom. The maximum atomic E-state index is 3.79. The van der Waals surface area contributed by atoms with Crippen LogP contribution in [-0.4, -0.2) is 0 Å². The fraction of sp³-hybridized carbons (Fsp3) is 0.692. The van der Waals surface area contributed by atoms with Crippen molar-refractivity contribution in [2.45, 2.75) is 120 Å². The van der Waals surface area contributed by atoms with E-state index in [1.807, 2.05) is 0 Å². The molecule has 0 spiro atoms. The summed E-state index contributed by atoms with van der Waals surface area (Å²) < 4.78 is 0. The summed E-state index contributed by atoms with van der Waals surface area (Å²) in [6.07, 6.45) is 18.2. The second kappa shape index (κ2) is 24.0. The lowest BCUT2D eigenvalue weighted by molar-refractivity contribution is 0.789. The summed E-state index contributed by atoms with van der Waals surface area (Å²) in [4.78, 5) is 0. The van der Waals surface area contributed by atoms with Gasteiger partial charge in [0, 0.05) is 0 Å². The molecule has 0 aromatic carbocycles. The minimum atomic E-state index is 1.20. The van der Waals surface area contributed by atoms with Crippen LogP contribution in [0, 0.1) is 0 Å². The summed E-state index contributed by atoms with van der Waals surface area (Å²) in [7, 11) is 0. The van der Waals surface area contributed by atoms with Crippen LogP contribution in [0.3, 0.4) is 0 Å². The topological polar surface area (TPSA) is 0 Å². The van der Waals surface area contributed by atoms with Crippen molar-refractivity contribution in [1.29, 1.82) is 0 Å². The van der Waals surface area contributed by atoms with Gasteiger partial charge in [0.2, 0.25) is 0 Å². The van der Waals surface area contributed by atoms with Gasteiger partial charge in [-0.2, -0.15) is 0 Å². The first kappa shape index (κ1) is 29.7. The van der Waals surface area contributed by atoms with Gasteiger partial charge in [0.1, 0.15) is 0 Å². The Morgan fingerprint density at radius 2 is 1.08 bits per heavy atom. The van der Waals surface area contributed by atoms with Crippen molar-refractivity contribution >= 4 is 0 Å². The van der Waals surface area contributed by atoms with E-state index in [2.05, 4.69) is 87.1 Å². The number of hydrogen-bond acceptors (Lipinski definition) is 0. The van der Waals surface area contributed by atoms with Crippen LogP contribution >= 0.6 is 0 Å². The van der Waals surface area contributed by atoms with E-state index in [-0.39, 0.29) is 0 Å². The van der Waals surface area contributed by atoms with Crippen LogP contribution in [0.1, 0.15) is 120 Å². The van der Waals surface area contributed by atoms with E-state index < -0.39 is 0 Å². The smallest absolute Gasteiger partial charge is 0.0288 e. The Balaban J connectivity index is -0.000000326. The van der Waals surface area contributed by atoms with E-state index in [1.165, 1.54) is 80.1 Å². The number of hydrogen-bond donors (Lipinski definition) is 0. The molecule has 0 unspecified atom stereocenters. The third-order valence-corrected chi connectivity index (χ3v) is 3.67. The molecule has 0 aromatic rings. The fourth-order valence-corrected chi connectivity index (χ4v) is 1.99. The first-order valence-corrected chi connectivity index (χ1v) is 10.8. The molecule has 154 valence electrons. The second-order valence-corrected chi connectivity index (χ2v) is 7.79. The van der Waals surface area contributed by atoms with Gasteiger partial charge >= 0.3 is 0 Å². The third kappa shape index (κ3) is 38.5. The maximum Gasteiger partial charge on any atom is -0.0288 e. The predicted octanol–water partition coefficient (Wildman–Crippen LogP) is 9.98. The first-order valence-electron chi connectivity index (χ1n) is 10.8. The molecule has 0 bridgehead atoms. The minimum absolute atomic E-state index is 1.20. The quantitative estimate of drug-likeness (QED) is 0.339. The van der Waals surface area contributed by atoms with Crippen molar-refractivity contribution in [3.63, 3.8) is 0 Å². The average molecular weight is 363 g/mol. The molecule has 0 saturated carbocycles. The number of unbranched alkanes of at least 4 members (excludes halogenated alkanes) is 3. The Morgan fingerprint density at radius 3 is 1.38 bits per heavy atom. The second-order valence-electron chi connectivity index (χ2n) is 7.79. The molecule has 0 atom stereocenters. The molecule has 0 heterocycles. The van der Waals surface area contributed by atoms with Crippen molar-refractivity contribution in [2.75, 3.05) is 0 Å². The molecule has 0 aliphatic rings. The van der Waals surface area contributed by atoms with Gasteiger partial charge in [-0.3, -0.25) is 0 Å². The van der Waals surface area contributed by atoms with Gasteiger partial charge in [-0.05, 0) is 80.1 Å². The summed E-state index contributed by atoms with van der Waals surface area (Å²) in [6, 6.07) is 0. The minimum Gasteiger partial charge on any atom is -0.100 e. The SMILES string of the molecule is C=C(C)CCCC.CCCC=C(C)C.CCCC=C(C)CCC=C(C)C. The normalized spacial score (nSPS) is 9.96. The van der Waals surface area contributed by atoms with Gasteiger partial charge in [0.25, 0.3) is 0 Å². The predicted molar refractivity (Wildman–Crippen MR) is 126 cm³/mol. The Labute approximate surface area is 167 Å². The van der Waals surface area contributed by atoms with Gasteiger partial charge < -0.3 is 0 Å². The monoisotopic (exact) mass is 362 g/mol. The standard InChI is InChI=1S/C12H22.2C7H14/c1-5-6-9-12(4)10-7-8-11(2)3;2*1-4-5-6-7(2)3/h8-9H,5-7,10H2,1-4H3;6H,4-5H2,1-3H3;2,4-6H2,1,3H3. The molecule has 0 aromatic heterocycles. The lowest BCUT2D eigenvalue weighted by Crippen LogP contribution is -1.77. The number of rotatable bonds is 10. The average Bonchev–Trinajstić information content (AvgIpc) is 2.57. The van der Waals surface area contributed by atoms with E-state index in [4.69, 9.17) is 0 Å². The molecule has 0 amide bonds. The molecular weight excluding hydrogens is 312 g/mol. The molecule has 0 aliphatic heterocycles. The third-order valence-electron chi connectivity index (χ3n) is 3.67. The van der Waals surface area contributed by atoms with Crippen LogP contribution < -0.4 is 0 Å². The largest absolute Gasteiger partial charge is 0.100 e. The molecule has 0 saturated heterocycles. The first-order chi connectivity index (χ1) is 12.2.